The highest BCUT2D eigenvalue weighted by Gasteiger charge is 2.08. The van der Waals surface area contributed by atoms with Crippen molar-refractivity contribution in [2.45, 2.75) is 6.42 Å². The van der Waals surface area contributed by atoms with Crippen molar-refractivity contribution in [2.24, 2.45) is 0 Å². The van der Waals surface area contributed by atoms with Crippen molar-refractivity contribution < 1.29 is 8.78 Å². The van der Waals surface area contributed by atoms with Gasteiger partial charge in [-0.1, -0.05) is 18.2 Å². The lowest BCUT2D eigenvalue weighted by Crippen LogP contribution is -2.17. The molecule has 3 rings (SSSR count). The zero-order chi connectivity index (χ0) is 19.2. The molecule has 2 aromatic carbocycles. The van der Waals surface area contributed by atoms with Crippen LogP contribution in [0.4, 0.5) is 14.6 Å². The van der Waals surface area contributed by atoms with Gasteiger partial charge in [-0.2, -0.15) is 0 Å². The first-order valence-corrected chi connectivity index (χ1v) is 8.81. The van der Waals surface area contributed by atoms with Crippen molar-refractivity contribution in [1.29, 1.82) is 0 Å². The first-order valence-electron chi connectivity index (χ1n) is 8.81. The molecule has 0 unspecified atom stereocenters. The molecule has 0 fully saturated rings. The minimum Gasteiger partial charge on any atom is -0.369 e. The van der Waals surface area contributed by atoms with E-state index in [1.807, 2.05) is 20.2 Å². The van der Waals surface area contributed by atoms with E-state index in [-0.39, 0.29) is 11.6 Å². The molecule has 0 amide bonds. The van der Waals surface area contributed by atoms with Gasteiger partial charge in [0.1, 0.15) is 17.5 Å². The van der Waals surface area contributed by atoms with Gasteiger partial charge < -0.3 is 10.2 Å². The SMILES string of the molecule is CN(C)CCCNc1nc(C=Cc2ccc(F)cc2)nc2ccc(F)cc12. The molecule has 0 aliphatic heterocycles. The number of aromatic nitrogens is 2. The second kappa shape index (κ2) is 8.68. The van der Waals surface area contributed by atoms with Crippen molar-refractivity contribution >= 4 is 28.9 Å². The van der Waals surface area contributed by atoms with Crippen molar-refractivity contribution in [3.8, 4) is 0 Å². The van der Waals surface area contributed by atoms with Crippen LogP contribution >= 0.6 is 0 Å². The molecule has 0 atom stereocenters. The van der Waals surface area contributed by atoms with Gasteiger partial charge in [0.15, 0.2) is 5.82 Å². The van der Waals surface area contributed by atoms with Crippen LogP contribution in [0, 0.1) is 11.6 Å². The molecule has 0 bridgehead atoms. The fraction of sp³-hybridized carbons (Fsp3) is 0.238. The number of benzene rings is 2. The Bertz CT molecular complexity index is 937. The Morgan fingerprint density at radius 2 is 1.70 bits per heavy atom. The van der Waals surface area contributed by atoms with E-state index < -0.39 is 0 Å². The summed E-state index contributed by atoms with van der Waals surface area (Å²) in [5, 5.41) is 3.94. The number of rotatable bonds is 7. The minimum absolute atomic E-state index is 0.277. The molecule has 0 aliphatic carbocycles. The highest BCUT2D eigenvalue weighted by molar-refractivity contribution is 5.90. The maximum atomic E-state index is 13.7. The molecule has 4 nitrogen and oxygen atoms in total. The summed E-state index contributed by atoms with van der Waals surface area (Å²) in [5.74, 6) is 0.517. The second-order valence-electron chi connectivity index (χ2n) is 6.56. The lowest BCUT2D eigenvalue weighted by atomic mass is 10.2. The van der Waals surface area contributed by atoms with Gasteiger partial charge in [0.25, 0.3) is 0 Å². The second-order valence-corrected chi connectivity index (χ2v) is 6.56. The predicted octanol–water partition coefficient (Wildman–Crippen LogP) is 4.44. The number of nitrogens with one attached hydrogen (secondary N) is 1. The lowest BCUT2D eigenvalue weighted by Gasteiger charge is -2.12. The summed E-state index contributed by atoms with van der Waals surface area (Å²) < 4.78 is 26.7. The van der Waals surface area contributed by atoms with E-state index in [0.717, 1.165) is 25.1 Å². The standard InChI is InChI=1S/C21H22F2N4/c1-27(2)13-3-12-24-21-18-14-17(23)9-10-19(18)25-20(26-21)11-6-15-4-7-16(22)8-5-15/h4-11,14H,3,12-13H2,1-2H3,(H,24,25,26). The summed E-state index contributed by atoms with van der Waals surface area (Å²) in [6.45, 7) is 1.67. The summed E-state index contributed by atoms with van der Waals surface area (Å²) >= 11 is 0. The Kier molecular flexibility index (Phi) is 6.08. The fourth-order valence-corrected chi connectivity index (χ4v) is 2.67. The van der Waals surface area contributed by atoms with Gasteiger partial charge in [-0.3, -0.25) is 0 Å². The van der Waals surface area contributed by atoms with E-state index in [1.165, 1.54) is 24.3 Å². The molecule has 3 aromatic rings. The zero-order valence-corrected chi connectivity index (χ0v) is 15.4. The monoisotopic (exact) mass is 368 g/mol. The van der Waals surface area contributed by atoms with Crippen LogP contribution in [0.15, 0.2) is 42.5 Å². The Labute approximate surface area is 157 Å². The van der Waals surface area contributed by atoms with Gasteiger partial charge in [-0.05, 0) is 69.0 Å². The molecular weight excluding hydrogens is 346 g/mol. The molecule has 0 aliphatic rings. The van der Waals surface area contributed by atoms with E-state index >= 15 is 0 Å². The van der Waals surface area contributed by atoms with Crippen molar-refractivity contribution in [3.05, 3.63) is 65.5 Å². The van der Waals surface area contributed by atoms with E-state index in [0.29, 0.717) is 22.5 Å². The van der Waals surface area contributed by atoms with E-state index in [9.17, 15) is 8.78 Å². The number of fused-ring (bicyclic) bond motifs is 1. The smallest absolute Gasteiger partial charge is 0.154 e. The predicted molar refractivity (Wildman–Crippen MR) is 106 cm³/mol. The van der Waals surface area contributed by atoms with Gasteiger partial charge >= 0.3 is 0 Å². The third-order valence-electron chi connectivity index (χ3n) is 4.04. The first-order chi connectivity index (χ1) is 13.0. The summed E-state index contributed by atoms with van der Waals surface area (Å²) in [5.41, 5.74) is 1.51. The molecule has 0 spiro atoms. The van der Waals surface area contributed by atoms with Gasteiger partial charge in [-0.15, -0.1) is 0 Å². The number of anilines is 1. The van der Waals surface area contributed by atoms with Gasteiger partial charge in [0.2, 0.25) is 0 Å². The number of halogens is 2. The topological polar surface area (TPSA) is 41.0 Å². The normalized spacial score (nSPS) is 11.6. The molecule has 1 N–H and O–H groups in total. The lowest BCUT2D eigenvalue weighted by molar-refractivity contribution is 0.405. The summed E-state index contributed by atoms with van der Waals surface area (Å²) in [4.78, 5) is 11.1. The van der Waals surface area contributed by atoms with Gasteiger partial charge in [-0.25, -0.2) is 18.7 Å². The Morgan fingerprint density at radius 3 is 2.44 bits per heavy atom. The highest BCUT2D eigenvalue weighted by Crippen LogP contribution is 2.22. The van der Waals surface area contributed by atoms with Gasteiger partial charge in [0.05, 0.1) is 5.52 Å². The summed E-state index contributed by atoms with van der Waals surface area (Å²) in [7, 11) is 4.04. The van der Waals surface area contributed by atoms with Crippen molar-refractivity contribution in [2.75, 3.05) is 32.5 Å². The highest BCUT2D eigenvalue weighted by atomic mass is 19.1. The fourth-order valence-electron chi connectivity index (χ4n) is 2.67. The number of nitrogens with zero attached hydrogens (tertiary/aromatic N) is 3. The Hall–Kier alpha value is -2.86. The van der Waals surface area contributed by atoms with E-state index in [2.05, 4.69) is 20.2 Å². The van der Waals surface area contributed by atoms with Crippen LogP contribution in [0.3, 0.4) is 0 Å². The van der Waals surface area contributed by atoms with Crippen molar-refractivity contribution in [1.82, 2.24) is 14.9 Å². The Morgan fingerprint density at radius 1 is 0.963 bits per heavy atom. The van der Waals surface area contributed by atoms with Crippen LogP contribution in [-0.2, 0) is 0 Å². The third-order valence-corrected chi connectivity index (χ3v) is 4.04. The van der Waals surface area contributed by atoms with Crippen LogP contribution in [0.25, 0.3) is 23.1 Å². The van der Waals surface area contributed by atoms with Crippen LogP contribution < -0.4 is 5.32 Å². The van der Waals surface area contributed by atoms with Crippen LogP contribution in [0.2, 0.25) is 0 Å². The van der Waals surface area contributed by atoms with Gasteiger partial charge in [0, 0.05) is 11.9 Å². The van der Waals surface area contributed by atoms with Crippen molar-refractivity contribution in [3.63, 3.8) is 0 Å². The number of hydrogen-bond donors (Lipinski definition) is 1. The van der Waals surface area contributed by atoms with Crippen LogP contribution in [0.5, 0.6) is 0 Å². The average Bonchev–Trinajstić information content (AvgIpc) is 2.65. The third kappa shape index (κ3) is 5.31. The summed E-state index contributed by atoms with van der Waals surface area (Å²) in [6.07, 6.45) is 4.52. The van der Waals surface area contributed by atoms with E-state index in [4.69, 9.17) is 0 Å². The maximum Gasteiger partial charge on any atom is 0.154 e. The zero-order valence-electron chi connectivity index (χ0n) is 15.4. The largest absolute Gasteiger partial charge is 0.369 e. The van der Waals surface area contributed by atoms with E-state index in [1.54, 1.807) is 24.3 Å². The molecule has 0 radical (unpaired) electrons. The minimum atomic E-state index is -0.322. The summed E-state index contributed by atoms with van der Waals surface area (Å²) in [6, 6.07) is 10.6. The molecule has 0 saturated carbocycles. The molecular formula is C21H22F2N4. The molecule has 6 heteroatoms. The first kappa shape index (κ1) is 18.9. The maximum absolute atomic E-state index is 13.7. The van der Waals surface area contributed by atoms with Crippen LogP contribution in [0.1, 0.15) is 17.8 Å². The molecule has 140 valence electrons. The Balaban J connectivity index is 1.86. The molecule has 1 aromatic heterocycles. The van der Waals surface area contributed by atoms with Crippen LogP contribution in [-0.4, -0.2) is 42.1 Å². The number of hydrogen-bond acceptors (Lipinski definition) is 4. The molecule has 1 heterocycles. The average molecular weight is 368 g/mol. The molecule has 27 heavy (non-hydrogen) atoms. The molecule has 0 saturated heterocycles. The quantitative estimate of drug-likeness (QED) is 0.626.